The topological polar surface area (TPSA) is 53.2 Å². The molecule has 1 unspecified atom stereocenters. The molecule has 27 heavy (non-hydrogen) atoms. The second-order valence-corrected chi connectivity index (χ2v) is 8.86. The van der Waals surface area contributed by atoms with Crippen LogP contribution < -0.4 is 4.90 Å². The van der Waals surface area contributed by atoms with E-state index in [1.807, 2.05) is 38.1 Å². The van der Waals surface area contributed by atoms with E-state index in [4.69, 9.17) is 0 Å². The van der Waals surface area contributed by atoms with Crippen molar-refractivity contribution >= 4 is 17.5 Å². The van der Waals surface area contributed by atoms with Crippen molar-refractivity contribution in [2.24, 2.45) is 17.8 Å². The Hall–Kier alpha value is -2.36. The van der Waals surface area contributed by atoms with E-state index < -0.39 is 0 Å². The standard InChI is InChI=1S/C23H26N2O2/c1-12-4-7-15(8-5-12)25-22(26)19-17-10-13(2)6-9-16(17)21-18(11-14(3)24-21)20(19)23(25)27/h4-5,7-8,11,13,16-17,19-20,24H,6,9-10H2,1-3H3/t13?,16-,17+,19+,20-/m1/s1. The van der Waals surface area contributed by atoms with Crippen molar-refractivity contribution in [2.45, 2.75) is 51.9 Å². The number of fused-ring (bicyclic) bond motifs is 6. The zero-order chi connectivity index (χ0) is 18.9. The number of carbonyl (C=O) groups excluding carboxylic acids is 2. The van der Waals surface area contributed by atoms with E-state index >= 15 is 0 Å². The van der Waals surface area contributed by atoms with E-state index in [-0.39, 0.29) is 29.6 Å². The molecule has 1 aromatic carbocycles. The van der Waals surface area contributed by atoms with E-state index in [2.05, 4.69) is 18.0 Å². The second-order valence-electron chi connectivity index (χ2n) is 8.86. The van der Waals surface area contributed by atoms with Crippen molar-refractivity contribution in [3.63, 3.8) is 0 Å². The van der Waals surface area contributed by atoms with Crippen molar-refractivity contribution in [2.75, 3.05) is 4.90 Å². The van der Waals surface area contributed by atoms with Gasteiger partial charge < -0.3 is 4.98 Å². The number of aromatic amines is 1. The number of H-pyrrole nitrogens is 1. The van der Waals surface area contributed by atoms with Crippen LogP contribution in [0.2, 0.25) is 0 Å². The number of anilines is 1. The molecule has 2 fully saturated rings. The number of aromatic nitrogens is 1. The summed E-state index contributed by atoms with van der Waals surface area (Å²) in [6.07, 6.45) is 3.33. The largest absolute Gasteiger partial charge is 0.362 e. The van der Waals surface area contributed by atoms with Gasteiger partial charge in [-0.1, -0.05) is 31.0 Å². The van der Waals surface area contributed by atoms with Gasteiger partial charge in [0.25, 0.3) is 0 Å². The molecule has 3 aliphatic rings. The lowest BCUT2D eigenvalue weighted by Gasteiger charge is -2.42. The predicted octanol–water partition coefficient (Wildman–Crippen LogP) is 4.44. The minimum atomic E-state index is -0.328. The first kappa shape index (κ1) is 16.8. The van der Waals surface area contributed by atoms with Gasteiger partial charge in [0.15, 0.2) is 0 Å². The summed E-state index contributed by atoms with van der Waals surface area (Å²) >= 11 is 0. The molecule has 1 saturated carbocycles. The van der Waals surface area contributed by atoms with Crippen LogP contribution in [0.5, 0.6) is 0 Å². The molecule has 2 heterocycles. The molecule has 1 aromatic heterocycles. The van der Waals surface area contributed by atoms with Crippen LogP contribution >= 0.6 is 0 Å². The fourth-order valence-corrected chi connectivity index (χ4v) is 5.77. The molecule has 1 N–H and O–H groups in total. The van der Waals surface area contributed by atoms with Gasteiger partial charge in [0.1, 0.15) is 0 Å². The first-order chi connectivity index (χ1) is 13.0. The maximum Gasteiger partial charge on any atom is 0.242 e. The quantitative estimate of drug-likeness (QED) is 0.763. The lowest BCUT2D eigenvalue weighted by atomic mass is 9.60. The van der Waals surface area contributed by atoms with E-state index in [1.54, 1.807) is 0 Å². The first-order valence-electron chi connectivity index (χ1n) is 10.1. The van der Waals surface area contributed by atoms with Crippen molar-refractivity contribution in [3.05, 3.63) is 52.8 Å². The van der Waals surface area contributed by atoms with Gasteiger partial charge >= 0.3 is 0 Å². The zero-order valence-electron chi connectivity index (χ0n) is 16.2. The Morgan fingerprint density at radius 1 is 1.04 bits per heavy atom. The molecule has 2 amide bonds. The number of rotatable bonds is 1. The predicted molar refractivity (Wildman–Crippen MR) is 105 cm³/mol. The third-order valence-electron chi connectivity index (χ3n) is 6.99. The van der Waals surface area contributed by atoms with Crippen LogP contribution in [0.3, 0.4) is 0 Å². The van der Waals surface area contributed by atoms with E-state index in [1.165, 1.54) is 17.0 Å². The Kier molecular flexibility index (Phi) is 3.62. The van der Waals surface area contributed by atoms with Gasteiger partial charge in [-0.2, -0.15) is 0 Å². The van der Waals surface area contributed by atoms with Gasteiger partial charge in [0.2, 0.25) is 11.8 Å². The molecular formula is C23H26N2O2. The number of carbonyl (C=O) groups is 2. The van der Waals surface area contributed by atoms with Crippen LogP contribution in [0.4, 0.5) is 5.69 Å². The van der Waals surface area contributed by atoms with Gasteiger partial charge in [-0.3, -0.25) is 9.59 Å². The first-order valence-corrected chi connectivity index (χ1v) is 10.1. The highest BCUT2D eigenvalue weighted by Gasteiger charge is 2.58. The molecule has 0 bridgehead atoms. The van der Waals surface area contributed by atoms with Gasteiger partial charge in [-0.05, 0) is 62.3 Å². The SMILES string of the molecule is Cc1ccc(N2C(=O)[C@H]3[C@H]4CC(C)CC[C@H]4c4[nH]c(C)cc4[C@H]3C2=O)cc1. The molecule has 2 aliphatic carbocycles. The molecule has 140 valence electrons. The van der Waals surface area contributed by atoms with E-state index in [9.17, 15) is 9.59 Å². The number of imide groups is 1. The zero-order valence-corrected chi connectivity index (χ0v) is 16.2. The maximum absolute atomic E-state index is 13.5. The van der Waals surface area contributed by atoms with E-state index in [0.29, 0.717) is 17.5 Å². The van der Waals surface area contributed by atoms with Crippen LogP contribution in [0.15, 0.2) is 30.3 Å². The molecule has 1 aliphatic heterocycles. The van der Waals surface area contributed by atoms with Gasteiger partial charge in [-0.15, -0.1) is 0 Å². The molecular weight excluding hydrogens is 336 g/mol. The minimum absolute atomic E-state index is 0.00227. The summed E-state index contributed by atoms with van der Waals surface area (Å²) in [4.78, 5) is 32.0. The Balaban J connectivity index is 1.64. The molecule has 5 rings (SSSR count). The molecule has 5 atom stereocenters. The van der Waals surface area contributed by atoms with Crippen LogP contribution in [0, 0.1) is 31.6 Å². The highest BCUT2D eigenvalue weighted by Crippen LogP contribution is 2.56. The normalized spacial score (nSPS) is 32.3. The lowest BCUT2D eigenvalue weighted by Crippen LogP contribution is -2.39. The number of hydrogen-bond acceptors (Lipinski definition) is 2. The molecule has 0 spiro atoms. The summed E-state index contributed by atoms with van der Waals surface area (Å²) in [7, 11) is 0. The average molecular weight is 362 g/mol. The number of aryl methyl sites for hydroxylation is 2. The third kappa shape index (κ3) is 2.35. The Morgan fingerprint density at radius 2 is 1.78 bits per heavy atom. The molecule has 4 nitrogen and oxygen atoms in total. The highest BCUT2D eigenvalue weighted by atomic mass is 16.2. The summed E-state index contributed by atoms with van der Waals surface area (Å²) in [5, 5.41) is 0. The maximum atomic E-state index is 13.5. The molecule has 2 aromatic rings. The third-order valence-corrected chi connectivity index (χ3v) is 6.99. The Bertz CT molecular complexity index is 926. The number of nitrogens with zero attached hydrogens (tertiary/aromatic N) is 1. The monoisotopic (exact) mass is 362 g/mol. The molecule has 1 saturated heterocycles. The lowest BCUT2D eigenvalue weighted by molar-refractivity contribution is -0.123. The summed E-state index contributed by atoms with van der Waals surface area (Å²) in [5.41, 5.74) is 5.21. The minimum Gasteiger partial charge on any atom is -0.362 e. The Morgan fingerprint density at radius 3 is 2.52 bits per heavy atom. The van der Waals surface area contributed by atoms with Crippen molar-refractivity contribution < 1.29 is 9.59 Å². The molecule has 0 radical (unpaired) electrons. The number of amides is 2. The smallest absolute Gasteiger partial charge is 0.242 e. The van der Waals surface area contributed by atoms with Crippen LogP contribution in [0.25, 0.3) is 0 Å². The fraction of sp³-hybridized carbons (Fsp3) is 0.478. The van der Waals surface area contributed by atoms with Gasteiger partial charge in [-0.25, -0.2) is 4.90 Å². The van der Waals surface area contributed by atoms with Crippen LogP contribution in [0.1, 0.15) is 60.5 Å². The fourth-order valence-electron chi connectivity index (χ4n) is 5.77. The van der Waals surface area contributed by atoms with Crippen LogP contribution in [-0.4, -0.2) is 16.8 Å². The van der Waals surface area contributed by atoms with Crippen molar-refractivity contribution in [1.29, 1.82) is 0 Å². The number of benzene rings is 1. The van der Waals surface area contributed by atoms with Crippen molar-refractivity contribution in [3.8, 4) is 0 Å². The van der Waals surface area contributed by atoms with E-state index in [0.717, 1.165) is 29.7 Å². The molecule has 4 heteroatoms. The Labute approximate surface area is 160 Å². The number of nitrogens with one attached hydrogen (secondary N) is 1. The summed E-state index contributed by atoms with van der Waals surface area (Å²) < 4.78 is 0. The van der Waals surface area contributed by atoms with Crippen LogP contribution in [-0.2, 0) is 9.59 Å². The van der Waals surface area contributed by atoms with Gasteiger partial charge in [0, 0.05) is 17.3 Å². The summed E-state index contributed by atoms with van der Waals surface area (Å²) in [6.45, 7) is 6.34. The van der Waals surface area contributed by atoms with Crippen molar-refractivity contribution in [1.82, 2.24) is 4.98 Å². The second kappa shape index (κ2) is 5.82. The summed E-state index contributed by atoms with van der Waals surface area (Å²) in [6, 6.07) is 9.83. The number of hydrogen-bond donors (Lipinski definition) is 1. The highest BCUT2D eigenvalue weighted by molar-refractivity contribution is 6.24. The van der Waals surface area contributed by atoms with Gasteiger partial charge in [0.05, 0.1) is 17.5 Å². The average Bonchev–Trinajstić information content (AvgIpc) is 3.14. The summed E-state index contributed by atoms with van der Waals surface area (Å²) in [5.74, 6) is 0.658.